The SMILES string of the molecule is N=Cc1ccc2ccccc2c1C1CCCC(C2C=Cc3ccccc32)C1. The molecule has 0 bridgehead atoms. The third-order valence-corrected chi connectivity index (χ3v) is 6.63. The van der Waals surface area contributed by atoms with E-state index in [0.717, 1.165) is 5.56 Å². The Bertz CT molecular complexity index is 1030. The molecule has 3 atom stereocenters. The van der Waals surface area contributed by atoms with Gasteiger partial charge in [0.2, 0.25) is 0 Å². The predicted octanol–water partition coefficient (Wildman–Crippen LogP) is 6.92. The van der Waals surface area contributed by atoms with Crippen LogP contribution in [0.1, 0.15) is 59.8 Å². The zero-order chi connectivity index (χ0) is 18.2. The molecule has 3 unspecified atom stereocenters. The lowest BCUT2D eigenvalue weighted by Crippen LogP contribution is -2.20. The van der Waals surface area contributed by atoms with Gasteiger partial charge in [-0.05, 0) is 64.1 Å². The van der Waals surface area contributed by atoms with E-state index in [9.17, 15) is 0 Å². The van der Waals surface area contributed by atoms with Crippen molar-refractivity contribution in [2.24, 2.45) is 5.92 Å². The van der Waals surface area contributed by atoms with Crippen molar-refractivity contribution in [2.45, 2.75) is 37.5 Å². The zero-order valence-corrected chi connectivity index (χ0v) is 15.6. The fourth-order valence-corrected chi connectivity index (χ4v) is 5.40. The number of allylic oxidation sites excluding steroid dienone is 1. The summed E-state index contributed by atoms with van der Waals surface area (Å²) in [5, 5.41) is 10.6. The first-order chi connectivity index (χ1) is 13.3. The Hall–Kier alpha value is -2.67. The van der Waals surface area contributed by atoms with Gasteiger partial charge in [0.1, 0.15) is 0 Å². The lowest BCUT2D eigenvalue weighted by molar-refractivity contribution is 0.302. The average Bonchev–Trinajstić information content (AvgIpc) is 3.17. The van der Waals surface area contributed by atoms with Gasteiger partial charge < -0.3 is 5.41 Å². The monoisotopic (exact) mass is 351 g/mol. The molecule has 2 aliphatic rings. The van der Waals surface area contributed by atoms with Crippen LogP contribution >= 0.6 is 0 Å². The number of hydrogen-bond donors (Lipinski definition) is 1. The quantitative estimate of drug-likeness (QED) is 0.495. The van der Waals surface area contributed by atoms with E-state index in [4.69, 9.17) is 5.41 Å². The van der Waals surface area contributed by atoms with Gasteiger partial charge in [-0.2, -0.15) is 0 Å². The van der Waals surface area contributed by atoms with Crippen LogP contribution in [0, 0.1) is 11.3 Å². The molecule has 3 aromatic carbocycles. The number of rotatable bonds is 3. The van der Waals surface area contributed by atoms with Crippen molar-refractivity contribution in [3.63, 3.8) is 0 Å². The predicted molar refractivity (Wildman–Crippen MR) is 115 cm³/mol. The summed E-state index contributed by atoms with van der Waals surface area (Å²) in [6, 6.07) is 21.9. The Labute approximate surface area is 161 Å². The van der Waals surface area contributed by atoms with Crippen LogP contribution in [0.25, 0.3) is 16.8 Å². The minimum atomic E-state index is 0.549. The fraction of sp³-hybridized carbons (Fsp3) is 0.269. The van der Waals surface area contributed by atoms with Crippen LogP contribution in [-0.2, 0) is 0 Å². The molecule has 0 spiro atoms. The van der Waals surface area contributed by atoms with Gasteiger partial charge in [0.15, 0.2) is 0 Å². The third-order valence-electron chi connectivity index (χ3n) is 6.63. The maximum Gasteiger partial charge on any atom is 0.0253 e. The van der Waals surface area contributed by atoms with Crippen LogP contribution in [0.3, 0.4) is 0 Å². The molecule has 1 nitrogen and oxygen atoms in total. The van der Waals surface area contributed by atoms with E-state index < -0.39 is 0 Å². The van der Waals surface area contributed by atoms with E-state index in [2.05, 4.69) is 72.8 Å². The second kappa shape index (κ2) is 6.81. The number of hydrogen-bond acceptors (Lipinski definition) is 1. The highest BCUT2D eigenvalue weighted by Crippen LogP contribution is 2.47. The van der Waals surface area contributed by atoms with Crippen LogP contribution in [0.5, 0.6) is 0 Å². The van der Waals surface area contributed by atoms with E-state index in [1.165, 1.54) is 53.1 Å². The van der Waals surface area contributed by atoms with Gasteiger partial charge in [-0.3, -0.25) is 0 Å². The van der Waals surface area contributed by atoms with Crippen LogP contribution in [0.2, 0.25) is 0 Å². The summed E-state index contributed by atoms with van der Waals surface area (Å²) in [6.07, 6.45) is 11.3. The molecular weight excluding hydrogens is 326 g/mol. The van der Waals surface area contributed by atoms with Gasteiger partial charge >= 0.3 is 0 Å². The Morgan fingerprint density at radius 3 is 2.67 bits per heavy atom. The summed E-state index contributed by atoms with van der Waals surface area (Å²) < 4.78 is 0. The van der Waals surface area contributed by atoms with Crippen LogP contribution in [0.4, 0.5) is 0 Å². The smallest absolute Gasteiger partial charge is 0.0253 e. The van der Waals surface area contributed by atoms with Crippen molar-refractivity contribution in [3.05, 3.63) is 89.0 Å². The first-order valence-corrected chi connectivity index (χ1v) is 10.1. The van der Waals surface area contributed by atoms with Crippen LogP contribution in [-0.4, -0.2) is 6.21 Å². The van der Waals surface area contributed by atoms with E-state index in [0.29, 0.717) is 17.8 Å². The number of nitrogens with one attached hydrogen (secondary N) is 1. The van der Waals surface area contributed by atoms with Gasteiger partial charge in [0, 0.05) is 12.1 Å². The van der Waals surface area contributed by atoms with Gasteiger partial charge in [-0.1, -0.05) is 79.2 Å². The van der Waals surface area contributed by atoms with Gasteiger partial charge in [-0.25, -0.2) is 0 Å². The molecule has 0 heterocycles. The standard InChI is InChI=1S/C26H25N/c27-17-22-13-12-19-7-2-4-11-25(19)26(22)21-9-5-8-20(16-21)24-15-14-18-6-1-3-10-23(18)24/h1-4,6-7,10-15,17,20-21,24,27H,5,8-9,16H2. The second-order valence-corrected chi connectivity index (χ2v) is 8.07. The molecule has 1 saturated carbocycles. The Balaban J connectivity index is 1.52. The Morgan fingerprint density at radius 2 is 1.74 bits per heavy atom. The number of benzene rings is 3. The second-order valence-electron chi connectivity index (χ2n) is 8.07. The van der Waals surface area contributed by atoms with Crippen LogP contribution in [0.15, 0.2) is 66.7 Å². The molecule has 1 N–H and O–H groups in total. The van der Waals surface area contributed by atoms with Gasteiger partial charge in [0.05, 0.1) is 0 Å². The first kappa shape index (κ1) is 16.5. The summed E-state index contributed by atoms with van der Waals surface area (Å²) in [5.74, 6) is 1.80. The molecule has 27 heavy (non-hydrogen) atoms. The highest BCUT2D eigenvalue weighted by atomic mass is 14.4. The van der Waals surface area contributed by atoms with Crippen molar-refractivity contribution in [1.29, 1.82) is 5.41 Å². The lowest BCUT2D eigenvalue weighted by atomic mass is 9.70. The molecule has 3 aromatic rings. The maximum atomic E-state index is 7.96. The third kappa shape index (κ3) is 2.82. The Kier molecular flexibility index (Phi) is 4.16. The van der Waals surface area contributed by atoms with E-state index in [-0.39, 0.29) is 0 Å². The normalized spacial score (nSPS) is 24.1. The largest absolute Gasteiger partial charge is 0.308 e. The van der Waals surface area contributed by atoms with Crippen molar-refractivity contribution in [2.75, 3.05) is 0 Å². The van der Waals surface area contributed by atoms with Crippen molar-refractivity contribution in [1.82, 2.24) is 0 Å². The fourth-order valence-electron chi connectivity index (χ4n) is 5.40. The van der Waals surface area contributed by atoms with Crippen molar-refractivity contribution < 1.29 is 0 Å². The maximum absolute atomic E-state index is 7.96. The van der Waals surface area contributed by atoms with E-state index in [1.807, 2.05) is 0 Å². The van der Waals surface area contributed by atoms with Gasteiger partial charge in [0.25, 0.3) is 0 Å². The molecule has 2 aliphatic carbocycles. The summed E-state index contributed by atoms with van der Waals surface area (Å²) in [7, 11) is 0. The molecule has 0 saturated heterocycles. The molecule has 0 aromatic heterocycles. The minimum Gasteiger partial charge on any atom is -0.308 e. The van der Waals surface area contributed by atoms with Gasteiger partial charge in [-0.15, -0.1) is 0 Å². The van der Waals surface area contributed by atoms with Crippen molar-refractivity contribution >= 4 is 23.1 Å². The topological polar surface area (TPSA) is 23.9 Å². The molecule has 0 radical (unpaired) electrons. The first-order valence-electron chi connectivity index (χ1n) is 10.1. The Morgan fingerprint density at radius 1 is 0.889 bits per heavy atom. The minimum absolute atomic E-state index is 0.549. The van der Waals surface area contributed by atoms with E-state index >= 15 is 0 Å². The van der Waals surface area contributed by atoms with Crippen LogP contribution < -0.4 is 0 Å². The lowest BCUT2D eigenvalue weighted by Gasteiger charge is -2.34. The molecule has 1 heteroatoms. The van der Waals surface area contributed by atoms with Crippen molar-refractivity contribution in [3.8, 4) is 0 Å². The average molecular weight is 351 g/mol. The number of fused-ring (bicyclic) bond motifs is 2. The summed E-state index contributed by atoms with van der Waals surface area (Å²) in [5.41, 5.74) is 5.41. The molecule has 1 fully saturated rings. The van der Waals surface area contributed by atoms with E-state index in [1.54, 1.807) is 6.21 Å². The summed E-state index contributed by atoms with van der Waals surface area (Å²) in [4.78, 5) is 0. The highest BCUT2D eigenvalue weighted by molar-refractivity contribution is 5.94. The summed E-state index contributed by atoms with van der Waals surface area (Å²) in [6.45, 7) is 0. The highest BCUT2D eigenvalue weighted by Gasteiger charge is 2.32. The molecule has 134 valence electrons. The zero-order valence-electron chi connectivity index (χ0n) is 15.6. The molecule has 0 aliphatic heterocycles. The molecule has 0 amide bonds. The summed E-state index contributed by atoms with van der Waals surface area (Å²) >= 11 is 0. The molecule has 5 rings (SSSR count). The molecular formula is C26H25N.